The number of carbonyl (C=O) groups is 1. The molecule has 0 radical (unpaired) electrons. The fourth-order valence-corrected chi connectivity index (χ4v) is 3.60. The van der Waals surface area contributed by atoms with E-state index in [2.05, 4.69) is 19.2 Å². The number of alkyl halides is 3. The van der Waals surface area contributed by atoms with Gasteiger partial charge in [-0.3, -0.25) is 0 Å². The summed E-state index contributed by atoms with van der Waals surface area (Å²) < 4.78 is 44.5. The van der Waals surface area contributed by atoms with Gasteiger partial charge in [-0.15, -0.1) is 0 Å². The molecule has 1 rings (SSSR count). The first-order valence-electron chi connectivity index (χ1n) is 10.7. The second-order valence-electron chi connectivity index (χ2n) is 8.53. The van der Waals surface area contributed by atoms with Gasteiger partial charge >= 0.3 is 12.3 Å². The lowest BCUT2D eigenvalue weighted by molar-refractivity contribution is -0.137. The molecule has 0 aromatic heterocycles. The van der Waals surface area contributed by atoms with Crippen LogP contribution in [0.25, 0.3) is 0 Å². The van der Waals surface area contributed by atoms with Crippen molar-refractivity contribution in [3.05, 3.63) is 34.9 Å². The van der Waals surface area contributed by atoms with Crippen LogP contribution in [0.2, 0.25) is 0 Å². The van der Waals surface area contributed by atoms with Crippen LogP contribution in [-0.2, 0) is 10.9 Å². The summed E-state index contributed by atoms with van der Waals surface area (Å²) in [5.74, 6) is 0.574. The minimum Gasteiger partial charge on any atom is -0.448 e. The molecule has 1 amide bonds. The molecule has 1 N–H and O–H groups in total. The Balaban J connectivity index is 2.58. The van der Waals surface area contributed by atoms with Crippen molar-refractivity contribution in [1.82, 2.24) is 10.2 Å². The third-order valence-corrected chi connectivity index (χ3v) is 5.73. The first kappa shape index (κ1) is 26.3. The van der Waals surface area contributed by atoms with Crippen LogP contribution in [0.4, 0.5) is 18.0 Å². The van der Waals surface area contributed by atoms with Crippen LogP contribution in [-0.4, -0.2) is 44.8 Å². The van der Waals surface area contributed by atoms with Gasteiger partial charge in [0.05, 0.1) is 5.56 Å². The molecular formula is C23H37F3N2O2. The first-order valence-corrected chi connectivity index (χ1v) is 10.7. The monoisotopic (exact) mass is 430 g/mol. The largest absolute Gasteiger partial charge is 0.448 e. The lowest BCUT2D eigenvalue weighted by atomic mass is 9.79. The van der Waals surface area contributed by atoms with Crippen molar-refractivity contribution in [3.63, 3.8) is 0 Å². The molecule has 1 aromatic rings. The zero-order valence-electron chi connectivity index (χ0n) is 19.1. The van der Waals surface area contributed by atoms with Gasteiger partial charge in [-0.05, 0) is 74.9 Å². The summed E-state index contributed by atoms with van der Waals surface area (Å²) in [5.41, 5.74) is 1.08. The van der Waals surface area contributed by atoms with Gasteiger partial charge in [0, 0.05) is 13.1 Å². The van der Waals surface area contributed by atoms with Gasteiger partial charge in [0.2, 0.25) is 0 Å². The maximum atomic E-state index is 13.1. The van der Waals surface area contributed by atoms with Crippen molar-refractivity contribution in [3.8, 4) is 0 Å². The quantitative estimate of drug-likeness (QED) is 0.479. The number of aryl methyl sites for hydroxylation is 1. The first-order chi connectivity index (χ1) is 14.0. The number of alkyl carbamates (subject to hydrolysis) is 1. The standard InChI is InChI=1S/C23H37F3N2O2/c1-7-19(10-8-16(2)15-27-22(29)30-13-12-28(5)6)18(4)21-14-20(23(24,25)26)11-9-17(21)3/h9,11,14,16,18-19H,7-8,10,12-13,15H2,1-6H3,(H,27,29). The Morgan fingerprint density at radius 1 is 1.20 bits per heavy atom. The summed E-state index contributed by atoms with van der Waals surface area (Å²) in [6.07, 6.45) is -2.07. The molecule has 0 bridgehead atoms. The van der Waals surface area contributed by atoms with Gasteiger partial charge < -0.3 is 15.0 Å². The third-order valence-electron chi connectivity index (χ3n) is 5.73. The molecule has 0 saturated carbocycles. The number of benzene rings is 1. The molecule has 3 atom stereocenters. The zero-order chi connectivity index (χ0) is 22.9. The molecule has 1 aromatic carbocycles. The SMILES string of the molecule is CCC(CCC(C)CNC(=O)OCCN(C)C)C(C)c1cc(C(F)(F)F)ccc1C. The fraction of sp³-hybridized carbons (Fsp3) is 0.696. The average molecular weight is 431 g/mol. The summed E-state index contributed by atoms with van der Waals surface area (Å²) in [4.78, 5) is 13.7. The molecule has 7 heteroatoms. The van der Waals surface area contributed by atoms with E-state index in [1.165, 1.54) is 6.07 Å². The predicted molar refractivity (Wildman–Crippen MR) is 115 cm³/mol. The Hall–Kier alpha value is -1.76. The molecule has 4 nitrogen and oxygen atoms in total. The highest BCUT2D eigenvalue weighted by atomic mass is 19.4. The Morgan fingerprint density at radius 3 is 2.43 bits per heavy atom. The average Bonchev–Trinajstić information content (AvgIpc) is 2.65. The number of hydrogen-bond donors (Lipinski definition) is 1. The van der Waals surface area contributed by atoms with Gasteiger partial charge in [-0.2, -0.15) is 13.2 Å². The Morgan fingerprint density at radius 2 is 1.87 bits per heavy atom. The van der Waals surface area contributed by atoms with E-state index < -0.39 is 17.8 Å². The summed E-state index contributed by atoms with van der Waals surface area (Å²) >= 11 is 0. The van der Waals surface area contributed by atoms with Gasteiger partial charge in [0.15, 0.2) is 0 Å². The Kier molecular flexibility index (Phi) is 10.7. The second kappa shape index (κ2) is 12.2. The zero-order valence-corrected chi connectivity index (χ0v) is 19.1. The van der Waals surface area contributed by atoms with E-state index in [1.54, 1.807) is 6.07 Å². The molecule has 0 aliphatic rings. The highest BCUT2D eigenvalue weighted by Gasteiger charge is 2.32. The normalized spacial score (nSPS) is 15.0. The van der Waals surface area contributed by atoms with Crippen LogP contribution in [0.1, 0.15) is 62.6 Å². The molecule has 0 spiro atoms. The summed E-state index contributed by atoms with van der Waals surface area (Å²) in [7, 11) is 3.82. The predicted octanol–water partition coefficient (Wildman–Crippen LogP) is 5.85. The topological polar surface area (TPSA) is 41.6 Å². The van der Waals surface area contributed by atoms with Crippen LogP contribution in [0.15, 0.2) is 18.2 Å². The van der Waals surface area contributed by atoms with Crippen molar-refractivity contribution in [1.29, 1.82) is 0 Å². The summed E-state index contributed by atoms with van der Waals surface area (Å²) in [6, 6.07) is 4.02. The van der Waals surface area contributed by atoms with E-state index in [1.807, 2.05) is 32.8 Å². The van der Waals surface area contributed by atoms with Gasteiger partial charge in [0.25, 0.3) is 0 Å². The van der Waals surface area contributed by atoms with Gasteiger partial charge in [-0.1, -0.05) is 33.3 Å². The lowest BCUT2D eigenvalue weighted by Gasteiger charge is -2.26. The highest BCUT2D eigenvalue weighted by Crippen LogP contribution is 2.37. The highest BCUT2D eigenvalue weighted by molar-refractivity contribution is 5.67. The maximum Gasteiger partial charge on any atom is 0.416 e. The van der Waals surface area contributed by atoms with Crippen LogP contribution in [0.3, 0.4) is 0 Å². The van der Waals surface area contributed by atoms with Crippen LogP contribution in [0, 0.1) is 18.8 Å². The van der Waals surface area contributed by atoms with Crippen molar-refractivity contribution in [2.24, 2.45) is 11.8 Å². The second-order valence-corrected chi connectivity index (χ2v) is 8.53. The number of ether oxygens (including phenoxy) is 1. The Labute approximate surface area is 179 Å². The Bertz CT molecular complexity index is 662. The smallest absolute Gasteiger partial charge is 0.416 e. The van der Waals surface area contributed by atoms with E-state index in [0.29, 0.717) is 19.7 Å². The number of halogens is 3. The molecule has 30 heavy (non-hydrogen) atoms. The number of nitrogens with one attached hydrogen (secondary N) is 1. The van der Waals surface area contributed by atoms with Gasteiger partial charge in [-0.25, -0.2) is 4.79 Å². The number of amides is 1. The minimum absolute atomic E-state index is 0.0356. The van der Waals surface area contributed by atoms with E-state index in [-0.39, 0.29) is 17.8 Å². The number of carbonyl (C=O) groups excluding carboxylic acids is 1. The van der Waals surface area contributed by atoms with E-state index in [4.69, 9.17) is 4.74 Å². The molecule has 0 aliphatic carbocycles. The van der Waals surface area contributed by atoms with Crippen LogP contribution < -0.4 is 5.32 Å². The van der Waals surface area contributed by atoms with Crippen molar-refractivity contribution in [2.45, 2.75) is 59.1 Å². The van der Waals surface area contributed by atoms with E-state index in [9.17, 15) is 18.0 Å². The van der Waals surface area contributed by atoms with E-state index >= 15 is 0 Å². The molecule has 0 saturated heterocycles. The number of rotatable bonds is 11. The van der Waals surface area contributed by atoms with Crippen LogP contribution in [0.5, 0.6) is 0 Å². The molecule has 0 fully saturated rings. The fourth-order valence-electron chi connectivity index (χ4n) is 3.60. The molecule has 172 valence electrons. The number of likely N-dealkylation sites (N-methyl/N-ethyl adjacent to an activating group) is 1. The third kappa shape index (κ3) is 8.94. The van der Waals surface area contributed by atoms with Crippen molar-refractivity contribution >= 4 is 6.09 Å². The van der Waals surface area contributed by atoms with Crippen molar-refractivity contribution < 1.29 is 22.7 Å². The number of nitrogens with zero attached hydrogens (tertiary/aromatic N) is 1. The lowest BCUT2D eigenvalue weighted by Crippen LogP contribution is -2.31. The van der Waals surface area contributed by atoms with Crippen molar-refractivity contribution in [2.75, 3.05) is 33.8 Å². The van der Waals surface area contributed by atoms with Gasteiger partial charge in [0.1, 0.15) is 6.61 Å². The number of hydrogen-bond acceptors (Lipinski definition) is 3. The minimum atomic E-state index is -4.33. The van der Waals surface area contributed by atoms with Crippen LogP contribution >= 0.6 is 0 Å². The molecule has 0 heterocycles. The summed E-state index contributed by atoms with van der Waals surface area (Å²) in [5, 5.41) is 2.79. The molecular weight excluding hydrogens is 393 g/mol. The maximum absolute atomic E-state index is 13.1. The molecule has 3 unspecified atom stereocenters. The molecule has 0 aliphatic heterocycles. The summed E-state index contributed by atoms with van der Waals surface area (Å²) in [6.45, 7) is 9.57. The van der Waals surface area contributed by atoms with E-state index in [0.717, 1.165) is 36.5 Å².